The molecule has 0 aromatic carbocycles. The monoisotopic (exact) mass is 297 g/mol. The Bertz CT molecular complexity index is 713. The van der Waals surface area contributed by atoms with Crippen LogP contribution in [0.25, 0.3) is 11.2 Å². The van der Waals surface area contributed by atoms with Gasteiger partial charge in [0, 0.05) is 7.05 Å². The lowest BCUT2D eigenvalue weighted by Gasteiger charge is -2.16. The molecule has 10 heteroatoms. The maximum atomic E-state index is 11.6. The number of aliphatic hydroxyl groups excluding tert-OH is 3. The summed E-state index contributed by atoms with van der Waals surface area (Å²) in [4.78, 5) is 22.0. The van der Waals surface area contributed by atoms with E-state index < -0.39 is 36.8 Å². The molecule has 0 radical (unpaired) electrons. The van der Waals surface area contributed by atoms with Gasteiger partial charge in [0.2, 0.25) is 0 Å². The van der Waals surface area contributed by atoms with Gasteiger partial charge in [-0.15, -0.1) is 0 Å². The first-order valence-electron chi connectivity index (χ1n) is 6.34. The summed E-state index contributed by atoms with van der Waals surface area (Å²) in [6, 6.07) is 0. The van der Waals surface area contributed by atoms with E-state index in [1.54, 1.807) is 7.05 Å². The van der Waals surface area contributed by atoms with Gasteiger partial charge in [0.15, 0.2) is 11.9 Å². The van der Waals surface area contributed by atoms with Crippen LogP contribution in [0.2, 0.25) is 0 Å². The third-order valence-corrected chi connectivity index (χ3v) is 3.49. The molecule has 1 unspecified atom stereocenters. The zero-order valence-corrected chi connectivity index (χ0v) is 11.1. The Kier molecular flexibility index (Phi) is 3.37. The van der Waals surface area contributed by atoms with Gasteiger partial charge < -0.3 is 25.4 Å². The highest BCUT2D eigenvalue weighted by Crippen LogP contribution is 2.31. The quantitative estimate of drug-likeness (QED) is 0.428. The fourth-order valence-corrected chi connectivity index (χ4v) is 2.41. The largest absolute Gasteiger partial charge is 0.394 e. The number of nitrogens with one attached hydrogen (secondary N) is 2. The van der Waals surface area contributed by atoms with E-state index in [0.29, 0.717) is 11.3 Å². The summed E-state index contributed by atoms with van der Waals surface area (Å²) < 4.78 is 6.76. The minimum atomic E-state index is -1.27. The number of anilines is 1. The maximum Gasteiger partial charge on any atom is 0.348 e. The molecule has 0 bridgehead atoms. The fraction of sp³-hybridized carbons (Fsp3) is 0.545. The molecule has 1 aliphatic rings. The Morgan fingerprint density at radius 1 is 1.48 bits per heavy atom. The highest BCUT2D eigenvalue weighted by molar-refractivity contribution is 5.82. The summed E-state index contributed by atoms with van der Waals surface area (Å²) in [5, 5.41) is 31.7. The number of H-pyrrole nitrogens is 1. The predicted molar refractivity (Wildman–Crippen MR) is 70.7 cm³/mol. The molecule has 3 heterocycles. The first kappa shape index (κ1) is 13.9. The SMILES string of the molecule is CNc1[nH]c(=O)nc2c1ncn2C1O[C@H](CO)[C@@H](O)[C@H]1O. The van der Waals surface area contributed by atoms with Gasteiger partial charge in [-0.25, -0.2) is 9.78 Å². The van der Waals surface area contributed by atoms with Gasteiger partial charge in [-0.1, -0.05) is 0 Å². The van der Waals surface area contributed by atoms with E-state index >= 15 is 0 Å². The second-order valence-electron chi connectivity index (χ2n) is 4.72. The standard InChI is InChI=1S/C11H15N5O5/c1-12-8-5-9(15-11(20)14-8)16(3-13-5)10-7(19)6(18)4(2-17)21-10/h3-4,6-7,10,17-19H,2H2,1H3,(H2,12,14,15,20)/t4-,6-,7-,10?/m1/s1. The van der Waals surface area contributed by atoms with Gasteiger partial charge in [0.25, 0.3) is 0 Å². The molecule has 2 aromatic heterocycles. The van der Waals surface area contributed by atoms with Crippen molar-refractivity contribution in [2.45, 2.75) is 24.5 Å². The molecule has 0 saturated carbocycles. The minimum absolute atomic E-state index is 0.206. The van der Waals surface area contributed by atoms with E-state index in [-0.39, 0.29) is 5.65 Å². The molecule has 1 saturated heterocycles. The van der Waals surface area contributed by atoms with Gasteiger partial charge in [0.1, 0.15) is 29.6 Å². The average Bonchev–Trinajstić information content (AvgIpc) is 3.01. The van der Waals surface area contributed by atoms with Crippen LogP contribution in [0.3, 0.4) is 0 Å². The zero-order chi connectivity index (χ0) is 15.1. The van der Waals surface area contributed by atoms with Gasteiger partial charge in [-0.05, 0) is 0 Å². The molecule has 3 rings (SSSR count). The van der Waals surface area contributed by atoms with Crippen LogP contribution >= 0.6 is 0 Å². The lowest BCUT2D eigenvalue weighted by atomic mass is 10.1. The van der Waals surface area contributed by atoms with Crippen molar-refractivity contribution in [3.63, 3.8) is 0 Å². The summed E-state index contributed by atoms with van der Waals surface area (Å²) >= 11 is 0. The normalized spacial score (nSPS) is 29.1. The van der Waals surface area contributed by atoms with Crippen LogP contribution in [0.15, 0.2) is 11.1 Å². The third-order valence-electron chi connectivity index (χ3n) is 3.49. The maximum absolute atomic E-state index is 11.6. The van der Waals surface area contributed by atoms with Crippen LogP contribution < -0.4 is 11.0 Å². The van der Waals surface area contributed by atoms with Crippen LogP contribution in [0.1, 0.15) is 6.23 Å². The molecular weight excluding hydrogens is 282 g/mol. The molecule has 5 N–H and O–H groups in total. The Morgan fingerprint density at radius 2 is 2.24 bits per heavy atom. The molecule has 21 heavy (non-hydrogen) atoms. The first-order chi connectivity index (χ1) is 10.1. The van der Waals surface area contributed by atoms with Crippen LogP contribution in [0, 0.1) is 0 Å². The summed E-state index contributed by atoms with van der Waals surface area (Å²) in [6.45, 7) is -0.433. The van der Waals surface area contributed by atoms with Gasteiger partial charge in [0.05, 0.1) is 12.9 Å². The molecule has 0 aliphatic carbocycles. The second kappa shape index (κ2) is 5.07. The Labute approximate surface area is 118 Å². The van der Waals surface area contributed by atoms with Crippen molar-refractivity contribution in [3.8, 4) is 0 Å². The number of ether oxygens (including phenoxy) is 1. The van der Waals surface area contributed by atoms with Crippen molar-refractivity contribution in [1.82, 2.24) is 19.5 Å². The lowest BCUT2D eigenvalue weighted by molar-refractivity contribution is -0.0511. The van der Waals surface area contributed by atoms with Crippen LogP contribution in [0.4, 0.5) is 5.82 Å². The average molecular weight is 297 g/mol. The van der Waals surface area contributed by atoms with Crippen LogP contribution in [-0.2, 0) is 4.74 Å². The molecule has 1 aliphatic heterocycles. The van der Waals surface area contributed by atoms with E-state index in [2.05, 4.69) is 20.3 Å². The molecule has 1 fully saturated rings. The molecular formula is C11H15N5O5. The molecule has 0 amide bonds. The van der Waals surface area contributed by atoms with E-state index in [1.807, 2.05) is 0 Å². The van der Waals surface area contributed by atoms with Gasteiger partial charge in [-0.2, -0.15) is 4.98 Å². The van der Waals surface area contributed by atoms with Crippen LogP contribution in [0.5, 0.6) is 0 Å². The Balaban J connectivity index is 2.10. The third kappa shape index (κ3) is 2.08. The van der Waals surface area contributed by atoms with Crippen molar-refractivity contribution < 1.29 is 20.1 Å². The highest BCUT2D eigenvalue weighted by atomic mass is 16.6. The van der Waals surface area contributed by atoms with Gasteiger partial charge >= 0.3 is 5.69 Å². The molecule has 10 nitrogen and oxygen atoms in total. The van der Waals surface area contributed by atoms with Gasteiger partial charge in [-0.3, -0.25) is 9.55 Å². The van der Waals surface area contributed by atoms with E-state index in [1.165, 1.54) is 10.9 Å². The van der Waals surface area contributed by atoms with Crippen LogP contribution in [-0.4, -0.2) is 66.8 Å². The topological polar surface area (TPSA) is 146 Å². The van der Waals surface area contributed by atoms with Crippen molar-refractivity contribution in [3.05, 3.63) is 16.8 Å². The van der Waals surface area contributed by atoms with Crippen molar-refractivity contribution in [2.24, 2.45) is 0 Å². The Morgan fingerprint density at radius 3 is 2.86 bits per heavy atom. The summed E-state index contributed by atoms with van der Waals surface area (Å²) in [6.07, 6.45) is -3.04. The fourth-order valence-electron chi connectivity index (χ4n) is 2.41. The molecule has 4 atom stereocenters. The Hall–Kier alpha value is -2.01. The highest BCUT2D eigenvalue weighted by Gasteiger charge is 2.44. The lowest BCUT2D eigenvalue weighted by Crippen LogP contribution is -2.33. The van der Waals surface area contributed by atoms with Crippen molar-refractivity contribution in [1.29, 1.82) is 0 Å². The predicted octanol–water partition coefficient (Wildman–Crippen LogP) is -2.23. The molecule has 0 spiro atoms. The number of rotatable bonds is 3. The molecule has 2 aromatic rings. The number of nitrogens with zero attached hydrogens (tertiary/aromatic N) is 3. The summed E-state index contributed by atoms with van der Waals surface area (Å²) in [5.41, 5.74) is 0.0214. The zero-order valence-electron chi connectivity index (χ0n) is 11.1. The number of hydrogen-bond donors (Lipinski definition) is 5. The smallest absolute Gasteiger partial charge is 0.348 e. The van der Waals surface area contributed by atoms with Crippen molar-refractivity contribution in [2.75, 3.05) is 19.0 Å². The van der Waals surface area contributed by atoms with E-state index in [0.717, 1.165) is 0 Å². The summed E-state index contributed by atoms with van der Waals surface area (Å²) in [7, 11) is 1.62. The number of fused-ring (bicyclic) bond motifs is 1. The number of aromatic amines is 1. The number of imidazole rings is 1. The summed E-state index contributed by atoms with van der Waals surface area (Å²) in [5.74, 6) is 0.385. The first-order valence-corrected chi connectivity index (χ1v) is 6.34. The minimum Gasteiger partial charge on any atom is -0.394 e. The number of aliphatic hydroxyl groups is 3. The number of aromatic nitrogens is 4. The molecule has 114 valence electrons. The van der Waals surface area contributed by atoms with E-state index in [4.69, 9.17) is 9.84 Å². The second-order valence-corrected chi connectivity index (χ2v) is 4.72. The number of hydrogen-bond acceptors (Lipinski definition) is 8. The van der Waals surface area contributed by atoms with Crippen molar-refractivity contribution >= 4 is 17.0 Å². The van der Waals surface area contributed by atoms with E-state index in [9.17, 15) is 15.0 Å².